The van der Waals surface area contributed by atoms with Gasteiger partial charge < -0.3 is 19.4 Å². The molecule has 0 fully saturated rings. The van der Waals surface area contributed by atoms with Crippen molar-refractivity contribution in [2.24, 2.45) is 0 Å². The first-order valence-corrected chi connectivity index (χ1v) is 9.59. The zero-order valence-electron chi connectivity index (χ0n) is 17.6. The summed E-state index contributed by atoms with van der Waals surface area (Å²) >= 11 is 0. The number of carbonyl (C=O) groups is 1. The number of nitrogens with zero attached hydrogens (tertiary/aromatic N) is 1. The zero-order chi connectivity index (χ0) is 21.0. The van der Waals surface area contributed by atoms with Gasteiger partial charge in [-0.1, -0.05) is 31.2 Å². The number of amides is 1. The van der Waals surface area contributed by atoms with Crippen LogP contribution in [-0.2, 0) is 6.42 Å². The summed E-state index contributed by atoms with van der Waals surface area (Å²) in [6.07, 6.45) is 0.826. The molecule has 1 atom stereocenters. The zero-order valence-corrected chi connectivity index (χ0v) is 18.4. The lowest BCUT2D eigenvalue weighted by Gasteiger charge is -2.26. The first-order valence-electron chi connectivity index (χ1n) is 9.59. The van der Waals surface area contributed by atoms with E-state index in [-0.39, 0.29) is 29.6 Å². The van der Waals surface area contributed by atoms with Crippen LogP contribution in [0, 0.1) is 0 Å². The smallest absolute Gasteiger partial charge is 0.287 e. The topological polar surface area (TPSA) is 71.8 Å². The molecule has 1 amide bonds. The van der Waals surface area contributed by atoms with Gasteiger partial charge in [0.2, 0.25) is 0 Å². The molecule has 30 heavy (non-hydrogen) atoms. The predicted molar refractivity (Wildman–Crippen MR) is 121 cm³/mol. The minimum absolute atomic E-state index is 0. The number of aryl methyl sites for hydroxylation is 1. The van der Waals surface area contributed by atoms with Gasteiger partial charge in [-0.2, -0.15) is 0 Å². The molecule has 1 N–H and O–H groups in total. The van der Waals surface area contributed by atoms with E-state index in [2.05, 4.69) is 5.32 Å². The predicted octanol–water partition coefficient (Wildman–Crippen LogP) is 3.82. The van der Waals surface area contributed by atoms with Crippen LogP contribution in [0.5, 0.6) is 5.75 Å². The van der Waals surface area contributed by atoms with Gasteiger partial charge in [0.25, 0.3) is 5.91 Å². The maximum absolute atomic E-state index is 12.7. The molecule has 0 aliphatic rings. The number of para-hydroxylation sites is 1. The van der Waals surface area contributed by atoms with Gasteiger partial charge in [-0.15, -0.1) is 12.4 Å². The second-order valence-electron chi connectivity index (χ2n) is 7.09. The summed E-state index contributed by atoms with van der Waals surface area (Å²) in [4.78, 5) is 27.1. The Morgan fingerprint density at radius 3 is 2.57 bits per heavy atom. The van der Waals surface area contributed by atoms with Crippen LogP contribution >= 0.6 is 12.4 Å². The largest absolute Gasteiger partial charge is 0.496 e. The van der Waals surface area contributed by atoms with Gasteiger partial charge >= 0.3 is 0 Å². The Hall–Kier alpha value is -2.83. The molecule has 3 rings (SSSR count). The lowest BCUT2D eigenvalue weighted by Crippen LogP contribution is -2.35. The second-order valence-corrected chi connectivity index (χ2v) is 7.09. The molecule has 6 nitrogen and oxygen atoms in total. The SMILES string of the molecule is CCc1ccc2oc(C(=O)NCC(c3ccccc3OC)N(C)C)cc(=O)c2c1.Cl. The third kappa shape index (κ3) is 5.01. The Kier molecular flexibility index (Phi) is 8.03. The van der Waals surface area contributed by atoms with Gasteiger partial charge in [0.05, 0.1) is 18.5 Å². The lowest BCUT2D eigenvalue weighted by molar-refractivity contribution is 0.0914. The Balaban J connectivity index is 0.00000320. The number of hydrogen-bond donors (Lipinski definition) is 1. The normalized spacial score (nSPS) is 11.8. The molecule has 160 valence electrons. The molecular weight excluding hydrogens is 404 g/mol. The number of nitrogens with one attached hydrogen (secondary N) is 1. The third-order valence-electron chi connectivity index (χ3n) is 5.00. The molecule has 2 aromatic carbocycles. The number of hydrogen-bond acceptors (Lipinski definition) is 5. The van der Waals surface area contributed by atoms with E-state index < -0.39 is 5.91 Å². The number of ether oxygens (including phenoxy) is 1. The van der Waals surface area contributed by atoms with E-state index in [1.165, 1.54) is 6.07 Å². The van der Waals surface area contributed by atoms with Crippen LogP contribution in [0.4, 0.5) is 0 Å². The van der Waals surface area contributed by atoms with Gasteiger partial charge in [-0.05, 0) is 44.3 Å². The number of rotatable bonds is 7. The first-order chi connectivity index (χ1) is 13.9. The molecule has 1 unspecified atom stereocenters. The summed E-state index contributed by atoms with van der Waals surface area (Å²) in [6, 6.07) is 14.3. The molecule has 7 heteroatoms. The van der Waals surface area contributed by atoms with Crippen LogP contribution in [0.1, 0.15) is 34.6 Å². The summed E-state index contributed by atoms with van der Waals surface area (Å²) in [5, 5.41) is 3.36. The molecule has 1 aromatic heterocycles. The Bertz CT molecular complexity index is 1080. The van der Waals surface area contributed by atoms with Crippen LogP contribution in [0.25, 0.3) is 11.0 Å². The number of benzene rings is 2. The maximum Gasteiger partial charge on any atom is 0.287 e. The van der Waals surface area contributed by atoms with Crippen molar-refractivity contribution in [1.82, 2.24) is 10.2 Å². The Labute approximate surface area is 182 Å². The van der Waals surface area contributed by atoms with Crippen LogP contribution in [0.3, 0.4) is 0 Å². The summed E-state index contributed by atoms with van der Waals surface area (Å²) in [5.74, 6) is 0.332. The van der Waals surface area contributed by atoms with E-state index in [0.29, 0.717) is 17.5 Å². The highest BCUT2D eigenvalue weighted by Crippen LogP contribution is 2.27. The summed E-state index contributed by atoms with van der Waals surface area (Å²) in [6.45, 7) is 2.36. The Morgan fingerprint density at radius 2 is 1.90 bits per heavy atom. The number of halogens is 1. The summed E-state index contributed by atoms with van der Waals surface area (Å²) < 4.78 is 11.1. The van der Waals surface area contributed by atoms with Crippen LogP contribution < -0.4 is 15.5 Å². The summed E-state index contributed by atoms with van der Waals surface area (Å²) in [7, 11) is 5.49. The number of likely N-dealkylation sites (N-methyl/N-ethyl adjacent to an activating group) is 1. The van der Waals surface area contributed by atoms with Gasteiger partial charge in [0.15, 0.2) is 11.2 Å². The number of fused-ring (bicyclic) bond motifs is 1. The van der Waals surface area contributed by atoms with Gasteiger partial charge in [-0.3, -0.25) is 9.59 Å². The van der Waals surface area contributed by atoms with Crippen molar-refractivity contribution in [3.05, 3.63) is 75.6 Å². The molecule has 0 radical (unpaired) electrons. The highest BCUT2D eigenvalue weighted by molar-refractivity contribution is 5.93. The lowest BCUT2D eigenvalue weighted by atomic mass is 10.0. The molecular formula is C23H27ClN2O4. The fourth-order valence-electron chi connectivity index (χ4n) is 3.32. The van der Waals surface area contributed by atoms with E-state index in [1.807, 2.05) is 62.3 Å². The van der Waals surface area contributed by atoms with Crippen molar-refractivity contribution in [3.63, 3.8) is 0 Å². The monoisotopic (exact) mass is 430 g/mol. The van der Waals surface area contributed by atoms with Crippen molar-refractivity contribution in [3.8, 4) is 5.75 Å². The van der Waals surface area contributed by atoms with Gasteiger partial charge in [0.1, 0.15) is 11.3 Å². The van der Waals surface area contributed by atoms with Crippen molar-refractivity contribution in [1.29, 1.82) is 0 Å². The fraction of sp³-hybridized carbons (Fsp3) is 0.304. The highest BCUT2D eigenvalue weighted by Gasteiger charge is 2.20. The van der Waals surface area contributed by atoms with E-state index in [9.17, 15) is 9.59 Å². The average molecular weight is 431 g/mol. The van der Waals surface area contributed by atoms with E-state index in [0.717, 1.165) is 23.3 Å². The molecule has 0 spiro atoms. The molecule has 0 saturated heterocycles. The molecule has 0 aliphatic heterocycles. The second kappa shape index (κ2) is 10.3. The molecule has 0 saturated carbocycles. The van der Waals surface area contributed by atoms with Crippen LogP contribution in [-0.4, -0.2) is 38.6 Å². The summed E-state index contributed by atoms with van der Waals surface area (Å²) in [5.41, 5.74) is 2.20. The van der Waals surface area contributed by atoms with Gasteiger partial charge in [0, 0.05) is 18.2 Å². The molecule has 3 aromatic rings. The average Bonchev–Trinajstić information content (AvgIpc) is 2.73. The molecule has 1 heterocycles. The number of carbonyl (C=O) groups excluding carboxylic acids is 1. The van der Waals surface area contributed by atoms with Gasteiger partial charge in [-0.25, -0.2) is 0 Å². The first kappa shape index (κ1) is 23.4. The van der Waals surface area contributed by atoms with Crippen LogP contribution in [0.15, 0.2) is 57.7 Å². The van der Waals surface area contributed by atoms with Crippen LogP contribution in [0.2, 0.25) is 0 Å². The fourth-order valence-corrected chi connectivity index (χ4v) is 3.32. The maximum atomic E-state index is 12.7. The van der Waals surface area contributed by atoms with Crippen molar-refractivity contribution in [2.75, 3.05) is 27.7 Å². The van der Waals surface area contributed by atoms with E-state index in [1.54, 1.807) is 13.2 Å². The van der Waals surface area contributed by atoms with Crippen molar-refractivity contribution >= 4 is 29.3 Å². The van der Waals surface area contributed by atoms with E-state index in [4.69, 9.17) is 9.15 Å². The minimum atomic E-state index is -0.426. The van der Waals surface area contributed by atoms with Crippen molar-refractivity contribution in [2.45, 2.75) is 19.4 Å². The highest BCUT2D eigenvalue weighted by atomic mass is 35.5. The Morgan fingerprint density at radius 1 is 1.17 bits per heavy atom. The molecule has 0 bridgehead atoms. The van der Waals surface area contributed by atoms with E-state index >= 15 is 0 Å². The molecule has 0 aliphatic carbocycles. The standard InChI is InChI=1S/C23H26N2O4.ClH/c1-5-15-10-11-21-17(12-15)19(26)13-22(29-21)23(27)24-14-18(25(2)3)16-8-6-7-9-20(16)28-4;/h6-13,18H,5,14H2,1-4H3,(H,24,27);1H. The number of methoxy groups -OCH3 is 1. The quantitative estimate of drug-likeness (QED) is 0.617. The third-order valence-corrected chi connectivity index (χ3v) is 5.00. The minimum Gasteiger partial charge on any atom is -0.496 e. The van der Waals surface area contributed by atoms with Crippen molar-refractivity contribution < 1.29 is 13.9 Å².